The van der Waals surface area contributed by atoms with Gasteiger partial charge in [0.1, 0.15) is 0 Å². The molecule has 1 N–H and O–H groups in total. The number of rotatable bonds is 4. The first kappa shape index (κ1) is 12.6. The number of hydrogen-bond donors (Lipinski definition) is 1. The molecule has 100 valence electrons. The lowest BCUT2D eigenvalue weighted by atomic mass is 10.1. The standard InChI is InChI=1S/C16H21N3/c1-19-9-8-13(12-19)10-17-11-15-7-6-14-4-2-3-5-16(14)18-15/h2-7,13,17H,8-12H2,1H3. The van der Waals surface area contributed by atoms with Gasteiger partial charge in [-0.25, -0.2) is 0 Å². The van der Waals surface area contributed by atoms with E-state index in [1.165, 1.54) is 24.9 Å². The fourth-order valence-electron chi connectivity index (χ4n) is 2.80. The van der Waals surface area contributed by atoms with Crippen molar-refractivity contribution in [3.05, 3.63) is 42.1 Å². The molecule has 0 amide bonds. The third-order valence-corrected chi connectivity index (χ3v) is 3.88. The summed E-state index contributed by atoms with van der Waals surface area (Å²) in [5, 5.41) is 4.75. The van der Waals surface area contributed by atoms with Gasteiger partial charge in [0, 0.05) is 18.5 Å². The number of pyridine rings is 1. The van der Waals surface area contributed by atoms with Crippen LogP contribution in [0.1, 0.15) is 12.1 Å². The Hall–Kier alpha value is -1.45. The molecule has 2 aromatic rings. The minimum absolute atomic E-state index is 0.797. The normalized spacial score (nSPS) is 20.2. The van der Waals surface area contributed by atoms with E-state index in [1.807, 2.05) is 6.07 Å². The summed E-state index contributed by atoms with van der Waals surface area (Å²) in [7, 11) is 2.20. The van der Waals surface area contributed by atoms with Crippen LogP contribution in [0.3, 0.4) is 0 Å². The number of nitrogens with one attached hydrogen (secondary N) is 1. The lowest BCUT2D eigenvalue weighted by Gasteiger charge is -2.11. The predicted molar refractivity (Wildman–Crippen MR) is 79.1 cm³/mol. The molecule has 3 heteroatoms. The highest BCUT2D eigenvalue weighted by Gasteiger charge is 2.18. The topological polar surface area (TPSA) is 28.2 Å². The second-order valence-corrected chi connectivity index (χ2v) is 5.54. The Morgan fingerprint density at radius 3 is 3.00 bits per heavy atom. The Kier molecular flexibility index (Phi) is 3.76. The van der Waals surface area contributed by atoms with Gasteiger partial charge in [-0.3, -0.25) is 4.98 Å². The average Bonchev–Trinajstić information content (AvgIpc) is 2.84. The number of para-hydroxylation sites is 1. The van der Waals surface area contributed by atoms with Crippen molar-refractivity contribution in [1.82, 2.24) is 15.2 Å². The van der Waals surface area contributed by atoms with E-state index in [1.54, 1.807) is 0 Å². The molecule has 1 saturated heterocycles. The van der Waals surface area contributed by atoms with Crippen LogP contribution >= 0.6 is 0 Å². The zero-order chi connectivity index (χ0) is 13.1. The zero-order valence-corrected chi connectivity index (χ0v) is 11.5. The van der Waals surface area contributed by atoms with Crippen molar-refractivity contribution in [2.24, 2.45) is 5.92 Å². The number of aromatic nitrogens is 1. The van der Waals surface area contributed by atoms with Crippen molar-refractivity contribution in [1.29, 1.82) is 0 Å². The maximum Gasteiger partial charge on any atom is 0.0705 e. The molecule has 0 radical (unpaired) electrons. The molecule has 0 aliphatic carbocycles. The van der Waals surface area contributed by atoms with E-state index in [9.17, 15) is 0 Å². The first-order valence-corrected chi connectivity index (χ1v) is 7.05. The molecule has 1 atom stereocenters. The van der Waals surface area contributed by atoms with E-state index in [4.69, 9.17) is 0 Å². The van der Waals surface area contributed by atoms with Crippen LogP contribution in [0.2, 0.25) is 0 Å². The summed E-state index contributed by atoms with van der Waals surface area (Å²) in [5.74, 6) is 0.797. The van der Waals surface area contributed by atoms with Crippen molar-refractivity contribution in [3.63, 3.8) is 0 Å². The molecule has 2 heterocycles. The van der Waals surface area contributed by atoms with Gasteiger partial charge >= 0.3 is 0 Å². The quantitative estimate of drug-likeness (QED) is 0.908. The van der Waals surface area contributed by atoms with Gasteiger partial charge in [0.05, 0.1) is 11.2 Å². The Morgan fingerprint density at radius 2 is 2.16 bits per heavy atom. The zero-order valence-electron chi connectivity index (χ0n) is 11.5. The Bertz CT molecular complexity index is 552. The minimum atomic E-state index is 0.797. The first-order valence-electron chi connectivity index (χ1n) is 7.05. The second kappa shape index (κ2) is 5.68. The van der Waals surface area contributed by atoms with Gasteiger partial charge in [-0.2, -0.15) is 0 Å². The van der Waals surface area contributed by atoms with Gasteiger partial charge in [-0.05, 0) is 44.6 Å². The number of likely N-dealkylation sites (tertiary alicyclic amines) is 1. The van der Waals surface area contributed by atoms with Crippen LogP contribution in [0.5, 0.6) is 0 Å². The lowest BCUT2D eigenvalue weighted by Crippen LogP contribution is -2.25. The predicted octanol–water partition coefficient (Wildman–Crippen LogP) is 2.28. The summed E-state index contributed by atoms with van der Waals surface area (Å²) in [6.45, 7) is 4.42. The molecule has 0 saturated carbocycles. The van der Waals surface area contributed by atoms with Crippen molar-refractivity contribution < 1.29 is 0 Å². The van der Waals surface area contributed by atoms with E-state index in [-0.39, 0.29) is 0 Å². The monoisotopic (exact) mass is 255 g/mol. The Labute approximate surface area is 114 Å². The highest BCUT2D eigenvalue weighted by atomic mass is 15.1. The minimum Gasteiger partial charge on any atom is -0.311 e. The van der Waals surface area contributed by atoms with Crippen LogP contribution in [0.4, 0.5) is 0 Å². The molecule has 0 spiro atoms. The molecule has 1 aliphatic rings. The van der Waals surface area contributed by atoms with Crippen molar-refractivity contribution in [3.8, 4) is 0 Å². The molecule has 1 aliphatic heterocycles. The highest BCUT2D eigenvalue weighted by molar-refractivity contribution is 5.78. The van der Waals surface area contributed by atoms with Crippen molar-refractivity contribution in [2.75, 3.05) is 26.7 Å². The van der Waals surface area contributed by atoms with E-state index >= 15 is 0 Å². The van der Waals surface area contributed by atoms with Crippen LogP contribution < -0.4 is 5.32 Å². The highest BCUT2D eigenvalue weighted by Crippen LogP contribution is 2.14. The first-order chi connectivity index (χ1) is 9.31. The maximum atomic E-state index is 4.68. The van der Waals surface area contributed by atoms with Gasteiger partial charge < -0.3 is 10.2 Å². The number of nitrogens with zero attached hydrogens (tertiary/aromatic N) is 2. The molecular formula is C16H21N3. The second-order valence-electron chi connectivity index (χ2n) is 5.54. The third kappa shape index (κ3) is 3.11. The van der Waals surface area contributed by atoms with Crippen LogP contribution in [-0.4, -0.2) is 36.6 Å². The molecule has 3 rings (SSSR count). The van der Waals surface area contributed by atoms with Crippen molar-refractivity contribution >= 4 is 10.9 Å². The largest absolute Gasteiger partial charge is 0.311 e. The average molecular weight is 255 g/mol. The van der Waals surface area contributed by atoms with Crippen LogP contribution in [0, 0.1) is 5.92 Å². The van der Waals surface area contributed by atoms with Gasteiger partial charge in [-0.15, -0.1) is 0 Å². The summed E-state index contributed by atoms with van der Waals surface area (Å²) in [4.78, 5) is 7.08. The van der Waals surface area contributed by atoms with E-state index in [0.29, 0.717) is 0 Å². The maximum absolute atomic E-state index is 4.68. The lowest BCUT2D eigenvalue weighted by molar-refractivity contribution is 0.388. The fourth-order valence-corrected chi connectivity index (χ4v) is 2.80. The SMILES string of the molecule is CN1CCC(CNCc2ccc3ccccc3n2)C1. The van der Waals surface area contributed by atoms with Gasteiger partial charge in [0.2, 0.25) is 0 Å². The number of benzene rings is 1. The molecule has 3 nitrogen and oxygen atoms in total. The van der Waals surface area contributed by atoms with Gasteiger partial charge in [0.25, 0.3) is 0 Å². The van der Waals surface area contributed by atoms with Crippen LogP contribution in [-0.2, 0) is 6.54 Å². The molecule has 1 fully saturated rings. The summed E-state index contributed by atoms with van der Waals surface area (Å²) < 4.78 is 0. The third-order valence-electron chi connectivity index (χ3n) is 3.88. The van der Waals surface area contributed by atoms with Crippen LogP contribution in [0.25, 0.3) is 10.9 Å². The molecule has 19 heavy (non-hydrogen) atoms. The summed E-state index contributed by atoms with van der Waals surface area (Å²) in [6, 6.07) is 12.6. The Balaban J connectivity index is 1.56. The summed E-state index contributed by atoms with van der Waals surface area (Å²) >= 11 is 0. The van der Waals surface area contributed by atoms with Gasteiger partial charge in [0.15, 0.2) is 0 Å². The molecule has 1 unspecified atom stereocenters. The molecular weight excluding hydrogens is 234 g/mol. The summed E-state index contributed by atoms with van der Waals surface area (Å²) in [5.41, 5.74) is 2.22. The van der Waals surface area contributed by atoms with Crippen LogP contribution in [0.15, 0.2) is 36.4 Å². The Morgan fingerprint density at radius 1 is 1.26 bits per heavy atom. The van der Waals surface area contributed by atoms with E-state index < -0.39 is 0 Å². The van der Waals surface area contributed by atoms with Crippen molar-refractivity contribution in [2.45, 2.75) is 13.0 Å². The number of hydrogen-bond acceptors (Lipinski definition) is 3. The number of fused-ring (bicyclic) bond motifs is 1. The smallest absolute Gasteiger partial charge is 0.0705 e. The summed E-state index contributed by atoms with van der Waals surface area (Å²) in [6.07, 6.45) is 1.31. The molecule has 1 aromatic carbocycles. The fraction of sp³-hybridized carbons (Fsp3) is 0.438. The molecule has 0 bridgehead atoms. The molecule has 1 aromatic heterocycles. The van der Waals surface area contributed by atoms with Gasteiger partial charge in [-0.1, -0.05) is 24.3 Å². The van der Waals surface area contributed by atoms with E-state index in [0.717, 1.165) is 30.2 Å². The van der Waals surface area contributed by atoms with E-state index in [2.05, 4.69) is 52.6 Å².